The first-order valence-electron chi connectivity index (χ1n) is 8.00. The van der Waals surface area contributed by atoms with E-state index in [1.807, 2.05) is 7.05 Å². The van der Waals surface area contributed by atoms with Crippen LogP contribution in [0.3, 0.4) is 0 Å². The average molecular weight is 295 g/mol. The molecule has 0 amide bonds. The molecule has 2 N–H and O–H groups in total. The molecule has 0 aromatic carbocycles. The molecule has 0 unspecified atom stereocenters. The maximum Gasteiger partial charge on any atom is 0.195 e. The van der Waals surface area contributed by atoms with Crippen LogP contribution in [0, 0.1) is 0 Å². The molecule has 122 valence electrons. The van der Waals surface area contributed by atoms with Crippen molar-refractivity contribution in [3.63, 3.8) is 0 Å². The molecule has 0 bridgehead atoms. The van der Waals surface area contributed by atoms with Crippen LogP contribution in [0.25, 0.3) is 0 Å². The first kappa shape index (κ1) is 17.8. The van der Waals surface area contributed by atoms with Crippen molar-refractivity contribution >= 4 is 5.96 Å². The van der Waals surface area contributed by atoms with E-state index in [4.69, 9.17) is 0 Å². The molecule has 1 saturated carbocycles. The molecule has 0 saturated heterocycles. The fourth-order valence-electron chi connectivity index (χ4n) is 2.69. The summed E-state index contributed by atoms with van der Waals surface area (Å²) in [5.41, 5.74) is 1.06. The third-order valence-corrected chi connectivity index (χ3v) is 4.33. The van der Waals surface area contributed by atoms with Gasteiger partial charge in [-0.25, -0.2) is 0 Å². The van der Waals surface area contributed by atoms with Crippen LogP contribution >= 0.6 is 0 Å². The number of nitrogens with one attached hydrogen (secondary N) is 2. The number of guanidine groups is 1. The first-order chi connectivity index (χ1) is 9.97. The van der Waals surface area contributed by atoms with Crippen molar-refractivity contribution in [2.75, 3.05) is 34.9 Å². The van der Waals surface area contributed by atoms with E-state index in [-0.39, 0.29) is 0 Å². The van der Waals surface area contributed by atoms with Crippen LogP contribution < -0.4 is 10.6 Å². The minimum Gasteiger partial charge on any atom is -0.371 e. The van der Waals surface area contributed by atoms with E-state index in [9.17, 15) is 0 Å². The monoisotopic (exact) mass is 295 g/mol. The van der Waals surface area contributed by atoms with E-state index in [2.05, 4.69) is 60.1 Å². The Kier molecular flexibility index (Phi) is 7.57. The molecule has 5 heteroatoms. The summed E-state index contributed by atoms with van der Waals surface area (Å²) in [5, 5.41) is 6.90. The highest BCUT2D eigenvalue weighted by Gasteiger charge is 2.23. The molecule has 0 radical (unpaired) electrons. The van der Waals surface area contributed by atoms with Crippen molar-refractivity contribution in [1.82, 2.24) is 20.4 Å². The second-order valence-corrected chi connectivity index (χ2v) is 6.15. The summed E-state index contributed by atoms with van der Waals surface area (Å²) in [6.45, 7) is 6.81. The van der Waals surface area contributed by atoms with Crippen LogP contribution in [-0.4, -0.2) is 62.7 Å². The van der Waals surface area contributed by atoms with Gasteiger partial charge in [0.2, 0.25) is 0 Å². The van der Waals surface area contributed by atoms with Crippen LogP contribution in [0.4, 0.5) is 0 Å². The normalized spacial score (nSPS) is 23.0. The number of nitrogens with zero attached hydrogens (tertiary/aromatic N) is 3. The summed E-state index contributed by atoms with van der Waals surface area (Å²) in [4.78, 5) is 8.85. The van der Waals surface area contributed by atoms with Crippen LogP contribution in [0.1, 0.15) is 39.0 Å². The van der Waals surface area contributed by atoms with Crippen molar-refractivity contribution in [2.45, 2.75) is 51.1 Å². The van der Waals surface area contributed by atoms with Gasteiger partial charge in [-0.15, -0.1) is 0 Å². The zero-order valence-electron chi connectivity index (χ0n) is 14.4. The lowest BCUT2D eigenvalue weighted by Crippen LogP contribution is -2.49. The highest BCUT2D eigenvalue weighted by atomic mass is 15.3. The standard InChI is InChI=1S/C16H33N5/c1-7-13(2)18-12-21(6)16(17-3)19-14-8-10-15(11-9-14)20(4)5/h14-15,18H,2,7-12H2,1,3-6H3,(H,17,19). The number of allylic oxidation sites excluding steroid dienone is 1. The largest absolute Gasteiger partial charge is 0.371 e. The maximum atomic E-state index is 4.39. The summed E-state index contributed by atoms with van der Waals surface area (Å²) >= 11 is 0. The second kappa shape index (κ2) is 8.93. The van der Waals surface area contributed by atoms with Crippen LogP contribution in [-0.2, 0) is 0 Å². The lowest BCUT2D eigenvalue weighted by atomic mass is 9.90. The van der Waals surface area contributed by atoms with Crippen molar-refractivity contribution in [3.05, 3.63) is 12.3 Å². The molecule has 0 aromatic rings. The molecule has 21 heavy (non-hydrogen) atoms. The van der Waals surface area contributed by atoms with Crippen molar-refractivity contribution in [1.29, 1.82) is 0 Å². The number of hydrogen-bond donors (Lipinski definition) is 2. The Labute approximate surface area is 130 Å². The number of aliphatic imine (C=N–C) groups is 1. The summed E-state index contributed by atoms with van der Waals surface area (Å²) in [6.07, 6.45) is 5.90. The SMILES string of the molecule is C=C(CC)NCN(C)C(=NC)NC1CCC(N(C)C)CC1. The smallest absolute Gasteiger partial charge is 0.195 e. The Balaban J connectivity index is 2.39. The van der Waals surface area contributed by atoms with Gasteiger partial charge >= 0.3 is 0 Å². The summed E-state index contributed by atoms with van der Waals surface area (Å²) in [6, 6.07) is 1.27. The van der Waals surface area contributed by atoms with Gasteiger partial charge in [0.15, 0.2) is 5.96 Å². The van der Waals surface area contributed by atoms with E-state index in [0.717, 1.165) is 30.8 Å². The Morgan fingerprint density at radius 3 is 2.29 bits per heavy atom. The van der Waals surface area contributed by atoms with E-state index < -0.39 is 0 Å². The molecule has 1 aliphatic rings. The first-order valence-corrected chi connectivity index (χ1v) is 8.00. The molecule has 0 aliphatic heterocycles. The van der Waals surface area contributed by atoms with E-state index >= 15 is 0 Å². The lowest BCUT2D eigenvalue weighted by molar-refractivity contribution is 0.210. The summed E-state index contributed by atoms with van der Waals surface area (Å²) in [5.74, 6) is 0.958. The van der Waals surface area contributed by atoms with Crippen LogP contribution in [0.5, 0.6) is 0 Å². The van der Waals surface area contributed by atoms with Crippen molar-refractivity contribution in [3.8, 4) is 0 Å². The predicted octanol–water partition coefficient (Wildman–Crippen LogP) is 1.84. The zero-order chi connectivity index (χ0) is 15.8. The number of hydrogen-bond acceptors (Lipinski definition) is 3. The van der Waals surface area contributed by atoms with Crippen LogP contribution in [0.15, 0.2) is 17.3 Å². The Hall–Kier alpha value is -1.23. The Bertz CT molecular complexity index is 343. The van der Waals surface area contributed by atoms with E-state index in [0.29, 0.717) is 6.04 Å². The quantitative estimate of drug-likeness (QED) is 0.446. The molecule has 5 nitrogen and oxygen atoms in total. The molecule has 0 spiro atoms. The van der Waals surface area contributed by atoms with E-state index in [1.165, 1.54) is 25.7 Å². The Morgan fingerprint density at radius 2 is 1.81 bits per heavy atom. The van der Waals surface area contributed by atoms with E-state index in [1.54, 1.807) is 0 Å². The lowest BCUT2D eigenvalue weighted by Gasteiger charge is -2.35. The second-order valence-electron chi connectivity index (χ2n) is 6.15. The van der Waals surface area contributed by atoms with Crippen molar-refractivity contribution < 1.29 is 0 Å². The van der Waals surface area contributed by atoms with Crippen LogP contribution in [0.2, 0.25) is 0 Å². The molecule has 0 heterocycles. The molecule has 0 aromatic heterocycles. The Morgan fingerprint density at radius 1 is 1.19 bits per heavy atom. The molecule has 1 rings (SSSR count). The molecular weight excluding hydrogens is 262 g/mol. The van der Waals surface area contributed by atoms with Gasteiger partial charge in [0.1, 0.15) is 0 Å². The fourth-order valence-corrected chi connectivity index (χ4v) is 2.69. The van der Waals surface area contributed by atoms with Crippen molar-refractivity contribution in [2.24, 2.45) is 4.99 Å². The predicted molar refractivity (Wildman–Crippen MR) is 91.4 cm³/mol. The third-order valence-electron chi connectivity index (χ3n) is 4.33. The molecule has 0 atom stereocenters. The third kappa shape index (κ3) is 5.96. The van der Waals surface area contributed by atoms with Gasteiger partial charge in [-0.1, -0.05) is 13.5 Å². The number of rotatable bonds is 6. The topological polar surface area (TPSA) is 42.9 Å². The van der Waals surface area contributed by atoms with Gasteiger partial charge in [0, 0.05) is 31.9 Å². The summed E-state index contributed by atoms with van der Waals surface area (Å²) in [7, 11) is 8.25. The van der Waals surface area contributed by atoms with Gasteiger partial charge < -0.3 is 20.4 Å². The highest BCUT2D eigenvalue weighted by Crippen LogP contribution is 2.21. The van der Waals surface area contributed by atoms with Gasteiger partial charge in [0.25, 0.3) is 0 Å². The summed E-state index contributed by atoms with van der Waals surface area (Å²) < 4.78 is 0. The highest BCUT2D eigenvalue weighted by molar-refractivity contribution is 5.79. The fraction of sp³-hybridized carbons (Fsp3) is 0.812. The zero-order valence-corrected chi connectivity index (χ0v) is 14.4. The minimum atomic E-state index is 0.539. The minimum absolute atomic E-state index is 0.539. The van der Waals surface area contributed by atoms with Gasteiger partial charge in [0.05, 0.1) is 6.67 Å². The molecule has 1 aliphatic carbocycles. The molecule has 1 fully saturated rings. The average Bonchev–Trinajstić information content (AvgIpc) is 2.50. The maximum absolute atomic E-state index is 4.39. The van der Waals surface area contributed by atoms with Gasteiger partial charge in [-0.3, -0.25) is 4.99 Å². The van der Waals surface area contributed by atoms with Gasteiger partial charge in [-0.2, -0.15) is 0 Å². The van der Waals surface area contributed by atoms with Gasteiger partial charge in [-0.05, 0) is 46.2 Å². The molecular formula is C16H33N5.